The number of rotatable bonds is 1. The van der Waals surface area contributed by atoms with E-state index in [-0.39, 0.29) is 35.0 Å². The Balaban J connectivity index is 2.10. The summed E-state index contributed by atoms with van der Waals surface area (Å²) in [6.45, 7) is 0.762. The number of amides is 2. The third-order valence-electron chi connectivity index (χ3n) is 3.87. The number of nitrogens with zero attached hydrogens (tertiary/aromatic N) is 4. The lowest BCUT2D eigenvalue weighted by atomic mass is 10.2. The molecule has 0 aromatic carbocycles. The molecule has 2 amide bonds. The molecule has 0 spiro atoms. The maximum absolute atomic E-state index is 12.5. The predicted octanol–water partition coefficient (Wildman–Crippen LogP) is -1.80. The summed E-state index contributed by atoms with van der Waals surface area (Å²) in [5.41, 5.74) is -0.572. The Bertz CT molecular complexity index is 943. The lowest BCUT2D eigenvalue weighted by Gasteiger charge is -2.26. The zero-order valence-electron chi connectivity index (χ0n) is 12.7. The number of hydrogen-bond donors (Lipinski definition) is 1. The molecule has 0 unspecified atom stereocenters. The minimum Gasteiger partial charge on any atom is -0.353 e. The average Bonchev–Trinajstić information content (AvgIpc) is 2.57. The molecule has 1 aliphatic rings. The second-order valence-electron chi connectivity index (χ2n) is 5.38. The molecule has 0 aliphatic carbocycles. The summed E-state index contributed by atoms with van der Waals surface area (Å²) < 4.78 is 2.21. The quantitative estimate of drug-likeness (QED) is 0.668. The molecule has 9 heteroatoms. The number of pyridine rings is 1. The van der Waals surface area contributed by atoms with Crippen LogP contribution in [0.2, 0.25) is 0 Å². The SMILES string of the molecule is Cn1c(=O)c2cc(C(=O)N3CCNC(=O)C3)cnc2n(C)c1=O. The molecule has 0 bridgehead atoms. The van der Waals surface area contributed by atoms with Crippen molar-refractivity contribution in [3.05, 3.63) is 38.7 Å². The summed E-state index contributed by atoms with van der Waals surface area (Å²) in [6.07, 6.45) is 1.32. The first-order valence-corrected chi connectivity index (χ1v) is 7.02. The average molecular weight is 317 g/mol. The van der Waals surface area contributed by atoms with E-state index in [0.29, 0.717) is 13.1 Å². The van der Waals surface area contributed by atoms with Gasteiger partial charge in [-0.05, 0) is 6.07 Å². The van der Waals surface area contributed by atoms with E-state index in [2.05, 4.69) is 10.3 Å². The molecule has 0 atom stereocenters. The summed E-state index contributed by atoms with van der Waals surface area (Å²) in [7, 11) is 2.88. The predicted molar refractivity (Wildman–Crippen MR) is 81.1 cm³/mol. The zero-order chi connectivity index (χ0) is 16.7. The van der Waals surface area contributed by atoms with Gasteiger partial charge in [0.25, 0.3) is 11.5 Å². The van der Waals surface area contributed by atoms with Crippen LogP contribution in [0, 0.1) is 0 Å². The van der Waals surface area contributed by atoms with Gasteiger partial charge in [0.2, 0.25) is 5.91 Å². The summed E-state index contributed by atoms with van der Waals surface area (Å²) in [5, 5.41) is 2.82. The first kappa shape index (κ1) is 14.9. The maximum atomic E-state index is 12.5. The van der Waals surface area contributed by atoms with Crippen LogP contribution in [0.3, 0.4) is 0 Å². The van der Waals surface area contributed by atoms with E-state index >= 15 is 0 Å². The van der Waals surface area contributed by atoms with Gasteiger partial charge >= 0.3 is 5.69 Å². The summed E-state index contributed by atoms with van der Waals surface area (Å²) in [6, 6.07) is 1.42. The lowest BCUT2D eigenvalue weighted by Crippen LogP contribution is -2.50. The fourth-order valence-electron chi connectivity index (χ4n) is 2.58. The lowest BCUT2D eigenvalue weighted by molar-refractivity contribution is -0.123. The van der Waals surface area contributed by atoms with E-state index in [0.717, 1.165) is 4.57 Å². The molecule has 1 N–H and O–H groups in total. The third-order valence-corrected chi connectivity index (χ3v) is 3.87. The molecule has 2 aromatic rings. The Morgan fingerprint density at radius 2 is 1.96 bits per heavy atom. The minimum atomic E-state index is -0.512. The topological polar surface area (TPSA) is 106 Å². The Kier molecular flexibility index (Phi) is 3.47. The Labute approximate surface area is 130 Å². The first-order chi connectivity index (χ1) is 10.9. The second kappa shape index (κ2) is 5.34. The van der Waals surface area contributed by atoms with Crippen molar-refractivity contribution in [2.24, 2.45) is 14.1 Å². The highest BCUT2D eigenvalue weighted by Crippen LogP contribution is 2.10. The van der Waals surface area contributed by atoms with Crippen LogP contribution in [-0.2, 0) is 18.9 Å². The van der Waals surface area contributed by atoms with Crippen LogP contribution in [0.1, 0.15) is 10.4 Å². The number of aromatic nitrogens is 3. The molecule has 1 fully saturated rings. The van der Waals surface area contributed by atoms with E-state index in [4.69, 9.17) is 0 Å². The molecule has 23 heavy (non-hydrogen) atoms. The summed E-state index contributed by atoms with van der Waals surface area (Å²) in [4.78, 5) is 53.4. The minimum absolute atomic E-state index is 0.0256. The van der Waals surface area contributed by atoms with Crippen molar-refractivity contribution in [3.8, 4) is 0 Å². The van der Waals surface area contributed by atoms with E-state index < -0.39 is 11.2 Å². The van der Waals surface area contributed by atoms with Gasteiger partial charge in [0.05, 0.1) is 17.5 Å². The van der Waals surface area contributed by atoms with Crippen LogP contribution in [0.5, 0.6) is 0 Å². The maximum Gasteiger partial charge on any atom is 0.332 e. The normalized spacial score (nSPS) is 14.9. The van der Waals surface area contributed by atoms with Gasteiger partial charge in [-0.15, -0.1) is 0 Å². The van der Waals surface area contributed by atoms with Crippen molar-refractivity contribution in [1.82, 2.24) is 24.3 Å². The van der Waals surface area contributed by atoms with Gasteiger partial charge in [0.15, 0.2) is 0 Å². The van der Waals surface area contributed by atoms with E-state index in [1.54, 1.807) is 0 Å². The fourth-order valence-corrected chi connectivity index (χ4v) is 2.58. The van der Waals surface area contributed by atoms with E-state index in [9.17, 15) is 19.2 Å². The summed E-state index contributed by atoms with van der Waals surface area (Å²) >= 11 is 0. The van der Waals surface area contributed by atoms with Crippen LogP contribution >= 0.6 is 0 Å². The molecule has 1 saturated heterocycles. The number of aryl methyl sites for hydroxylation is 1. The highest BCUT2D eigenvalue weighted by Gasteiger charge is 2.23. The fraction of sp³-hybridized carbons (Fsp3) is 0.357. The van der Waals surface area contributed by atoms with Crippen LogP contribution in [0.15, 0.2) is 21.9 Å². The zero-order valence-corrected chi connectivity index (χ0v) is 12.7. The molecular formula is C14H15N5O4. The molecule has 9 nitrogen and oxygen atoms in total. The largest absolute Gasteiger partial charge is 0.353 e. The molecule has 0 saturated carbocycles. The van der Waals surface area contributed by atoms with Crippen molar-refractivity contribution in [1.29, 1.82) is 0 Å². The highest BCUT2D eigenvalue weighted by molar-refractivity contribution is 5.98. The van der Waals surface area contributed by atoms with Gasteiger partial charge < -0.3 is 10.2 Å². The van der Waals surface area contributed by atoms with Gasteiger partial charge in [0, 0.05) is 33.4 Å². The number of fused-ring (bicyclic) bond motifs is 1. The molecule has 3 rings (SSSR count). The Morgan fingerprint density at radius 1 is 1.22 bits per heavy atom. The molecular weight excluding hydrogens is 302 g/mol. The van der Waals surface area contributed by atoms with Crippen molar-refractivity contribution in [2.45, 2.75) is 0 Å². The molecule has 2 aromatic heterocycles. The van der Waals surface area contributed by atoms with Crippen LogP contribution in [0.4, 0.5) is 0 Å². The number of piperazine rings is 1. The van der Waals surface area contributed by atoms with Crippen LogP contribution in [-0.4, -0.2) is 50.5 Å². The van der Waals surface area contributed by atoms with Gasteiger partial charge in [-0.2, -0.15) is 0 Å². The summed E-state index contributed by atoms with van der Waals surface area (Å²) in [5.74, 6) is -0.596. The van der Waals surface area contributed by atoms with Crippen LogP contribution in [0.25, 0.3) is 11.0 Å². The Hall–Kier alpha value is -2.97. The molecule has 3 heterocycles. The Morgan fingerprint density at radius 3 is 2.65 bits per heavy atom. The monoisotopic (exact) mass is 317 g/mol. The van der Waals surface area contributed by atoms with E-state index in [1.807, 2.05) is 0 Å². The van der Waals surface area contributed by atoms with Crippen molar-refractivity contribution in [3.63, 3.8) is 0 Å². The number of nitrogens with one attached hydrogen (secondary N) is 1. The highest BCUT2D eigenvalue weighted by atomic mass is 16.2. The first-order valence-electron chi connectivity index (χ1n) is 7.02. The van der Waals surface area contributed by atoms with Gasteiger partial charge in [0.1, 0.15) is 5.65 Å². The van der Waals surface area contributed by atoms with Crippen molar-refractivity contribution in [2.75, 3.05) is 19.6 Å². The standard InChI is InChI=1S/C14H15N5O4/c1-17-11-9(13(22)18(2)14(17)23)5-8(6-16-11)12(21)19-4-3-15-10(20)7-19/h5-6H,3-4,7H2,1-2H3,(H,15,20). The number of hydrogen-bond acceptors (Lipinski definition) is 5. The molecule has 120 valence electrons. The van der Waals surface area contributed by atoms with Crippen molar-refractivity contribution >= 4 is 22.8 Å². The number of carbonyl (C=O) groups excluding carboxylic acids is 2. The van der Waals surface area contributed by atoms with Gasteiger partial charge in [-0.25, -0.2) is 9.78 Å². The van der Waals surface area contributed by atoms with Gasteiger partial charge in [-0.3, -0.25) is 23.5 Å². The molecule has 1 aliphatic heterocycles. The van der Waals surface area contributed by atoms with Crippen molar-refractivity contribution < 1.29 is 9.59 Å². The second-order valence-corrected chi connectivity index (χ2v) is 5.38. The third kappa shape index (κ3) is 2.39. The molecule has 0 radical (unpaired) electrons. The van der Waals surface area contributed by atoms with Crippen LogP contribution < -0.4 is 16.6 Å². The van der Waals surface area contributed by atoms with E-state index in [1.165, 1.54) is 35.8 Å². The smallest absolute Gasteiger partial charge is 0.332 e. The number of carbonyl (C=O) groups is 2. The van der Waals surface area contributed by atoms with Gasteiger partial charge in [-0.1, -0.05) is 0 Å².